The molecule has 0 heterocycles. The summed E-state index contributed by atoms with van der Waals surface area (Å²) in [7, 11) is 0. The molecule has 1 saturated carbocycles. The van der Waals surface area contributed by atoms with E-state index < -0.39 is 5.54 Å². The number of anilines is 1. The molecule has 4 N–H and O–H groups in total. The molecule has 0 aromatic heterocycles. The smallest absolute Gasteiger partial charge is 0.244 e. The normalized spacial score (nSPS) is 18.2. The van der Waals surface area contributed by atoms with Crippen molar-refractivity contribution in [1.82, 2.24) is 0 Å². The summed E-state index contributed by atoms with van der Waals surface area (Å²) in [5.74, 6) is 0.186. The van der Waals surface area contributed by atoms with Gasteiger partial charge >= 0.3 is 0 Å². The second kappa shape index (κ2) is 5.08. The summed E-state index contributed by atoms with van der Waals surface area (Å²) >= 11 is 0. The quantitative estimate of drug-likeness (QED) is 0.735. The number of nitrogens with two attached hydrogens (primary N) is 1. The molecule has 2 rings (SSSR count). The number of hydrogen-bond acceptors (Lipinski definition) is 3. The first-order valence-corrected chi connectivity index (χ1v) is 6.34. The van der Waals surface area contributed by atoms with Crippen molar-refractivity contribution in [1.29, 1.82) is 0 Å². The van der Waals surface area contributed by atoms with Crippen LogP contribution in [0.15, 0.2) is 24.3 Å². The van der Waals surface area contributed by atoms with E-state index in [1.54, 1.807) is 6.92 Å². The van der Waals surface area contributed by atoms with Gasteiger partial charge in [0.25, 0.3) is 0 Å². The summed E-state index contributed by atoms with van der Waals surface area (Å²) in [5, 5.41) is 11.7. The maximum Gasteiger partial charge on any atom is 0.244 e. The molecule has 1 aliphatic rings. The van der Waals surface area contributed by atoms with Crippen molar-refractivity contribution in [3.63, 3.8) is 0 Å². The third kappa shape index (κ3) is 2.89. The summed E-state index contributed by atoms with van der Waals surface area (Å²) in [6.07, 6.45) is 2.70. The Morgan fingerprint density at radius 2 is 2.06 bits per heavy atom. The molecule has 1 fully saturated rings. The molecule has 98 valence electrons. The second-order valence-electron chi connectivity index (χ2n) is 5.18. The zero-order valence-electron chi connectivity index (χ0n) is 10.6. The van der Waals surface area contributed by atoms with Crippen LogP contribution in [0.2, 0.25) is 0 Å². The Morgan fingerprint density at radius 1 is 1.44 bits per heavy atom. The monoisotopic (exact) mass is 248 g/mol. The Bertz CT molecular complexity index is 422. The lowest BCUT2D eigenvalue weighted by Crippen LogP contribution is -2.50. The first-order valence-electron chi connectivity index (χ1n) is 6.34. The van der Waals surface area contributed by atoms with E-state index in [1.165, 1.54) is 0 Å². The van der Waals surface area contributed by atoms with Crippen molar-refractivity contribution in [3.8, 4) is 0 Å². The summed E-state index contributed by atoms with van der Waals surface area (Å²) in [6, 6.07) is 7.48. The molecule has 0 spiro atoms. The third-order valence-electron chi connectivity index (χ3n) is 3.53. The number of carbonyl (C=O) groups excluding carboxylic acids is 1. The highest BCUT2D eigenvalue weighted by atomic mass is 16.2. The number of carbonyl (C=O) groups is 1. The fraction of sp³-hybridized carbons (Fsp3) is 0.500. The van der Waals surface area contributed by atoms with E-state index in [2.05, 4.69) is 5.32 Å². The SMILES string of the molecule is CC(N)(C(=O)Nc1ccc(CCO)cc1)C1CC1. The fourth-order valence-electron chi connectivity index (χ4n) is 2.02. The number of aliphatic hydroxyl groups excluding tert-OH is 1. The molecule has 1 atom stereocenters. The van der Waals surface area contributed by atoms with Crippen LogP contribution >= 0.6 is 0 Å². The molecule has 0 radical (unpaired) electrons. The van der Waals surface area contributed by atoms with Gasteiger partial charge in [-0.05, 0) is 49.8 Å². The Kier molecular flexibility index (Phi) is 3.68. The highest BCUT2D eigenvalue weighted by Crippen LogP contribution is 2.38. The van der Waals surface area contributed by atoms with E-state index in [9.17, 15) is 4.79 Å². The number of rotatable bonds is 5. The van der Waals surface area contributed by atoms with Gasteiger partial charge in [-0.3, -0.25) is 4.79 Å². The molecule has 18 heavy (non-hydrogen) atoms. The van der Waals surface area contributed by atoms with Gasteiger partial charge < -0.3 is 16.2 Å². The largest absolute Gasteiger partial charge is 0.396 e. The lowest BCUT2D eigenvalue weighted by Gasteiger charge is -2.23. The first-order chi connectivity index (χ1) is 8.54. The highest BCUT2D eigenvalue weighted by Gasteiger charge is 2.44. The molecule has 4 nitrogen and oxygen atoms in total. The minimum atomic E-state index is -0.774. The fourth-order valence-corrected chi connectivity index (χ4v) is 2.02. The summed E-state index contributed by atoms with van der Waals surface area (Å²) < 4.78 is 0. The maximum absolute atomic E-state index is 12.1. The van der Waals surface area contributed by atoms with Gasteiger partial charge in [0.05, 0.1) is 5.54 Å². The van der Waals surface area contributed by atoms with Crippen LogP contribution in [0, 0.1) is 5.92 Å². The molecule has 1 aromatic rings. The van der Waals surface area contributed by atoms with Gasteiger partial charge in [-0.25, -0.2) is 0 Å². The average Bonchev–Trinajstić information content (AvgIpc) is 3.16. The van der Waals surface area contributed by atoms with Crippen LogP contribution in [0.1, 0.15) is 25.3 Å². The average molecular weight is 248 g/mol. The van der Waals surface area contributed by atoms with Gasteiger partial charge in [0, 0.05) is 12.3 Å². The van der Waals surface area contributed by atoms with Gasteiger partial charge in [0.1, 0.15) is 0 Å². The minimum Gasteiger partial charge on any atom is -0.396 e. The minimum absolute atomic E-state index is 0.125. The molecule has 0 bridgehead atoms. The molecule has 1 amide bonds. The van der Waals surface area contributed by atoms with Crippen LogP contribution < -0.4 is 11.1 Å². The number of nitrogens with one attached hydrogen (secondary N) is 1. The van der Waals surface area contributed by atoms with E-state index in [0.29, 0.717) is 12.3 Å². The van der Waals surface area contributed by atoms with E-state index in [0.717, 1.165) is 24.1 Å². The lowest BCUT2D eigenvalue weighted by atomic mass is 9.96. The van der Waals surface area contributed by atoms with Crippen molar-refractivity contribution in [3.05, 3.63) is 29.8 Å². The number of benzene rings is 1. The highest BCUT2D eigenvalue weighted by molar-refractivity contribution is 5.98. The van der Waals surface area contributed by atoms with Crippen molar-refractivity contribution in [2.24, 2.45) is 11.7 Å². The van der Waals surface area contributed by atoms with E-state index in [4.69, 9.17) is 10.8 Å². The third-order valence-corrected chi connectivity index (χ3v) is 3.53. The van der Waals surface area contributed by atoms with E-state index in [1.807, 2.05) is 24.3 Å². The summed E-state index contributed by atoms with van der Waals surface area (Å²) in [5.41, 5.74) is 7.07. The van der Waals surface area contributed by atoms with Gasteiger partial charge in [0.2, 0.25) is 5.91 Å². The van der Waals surface area contributed by atoms with Crippen LogP contribution in [0.25, 0.3) is 0 Å². The van der Waals surface area contributed by atoms with Crippen LogP contribution in [0.4, 0.5) is 5.69 Å². The second-order valence-corrected chi connectivity index (χ2v) is 5.18. The molecule has 0 saturated heterocycles. The molecule has 1 aliphatic carbocycles. The standard InChI is InChI=1S/C14H20N2O2/c1-14(15,11-4-5-11)13(18)16-12-6-2-10(3-7-12)8-9-17/h2-3,6-7,11,17H,4-5,8-9,15H2,1H3,(H,16,18). The van der Waals surface area contributed by atoms with Crippen molar-refractivity contribution < 1.29 is 9.90 Å². The van der Waals surface area contributed by atoms with E-state index in [-0.39, 0.29) is 12.5 Å². The predicted molar refractivity (Wildman–Crippen MR) is 71.2 cm³/mol. The molecule has 1 unspecified atom stereocenters. The van der Waals surface area contributed by atoms with Crippen LogP contribution in [-0.4, -0.2) is 23.2 Å². The van der Waals surface area contributed by atoms with E-state index >= 15 is 0 Å². The van der Waals surface area contributed by atoms with Gasteiger partial charge in [-0.1, -0.05) is 12.1 Å². The predicted octanol–water partition coefficient (Wildman–Crippen LogP) is 1.29. The van der Waals surface area contributed by atoms with Gasteiger partial charge in [0.15, 0.2) is 0 Å². The molecule has 0 aliphatic heterocycles. The van der Waals surface area contributed by atoms with Crippen molar-refractivity contribution >= 4 is 11.6 Å². The molecule has 1 aromatic carbocycles. The number of hydrogen-bond donors (Lipinski definition) is 3. The molecule has 4 heteroatoms. The van der Waals surface area contributed by atoms with Crippen molar-refractivity contribution in [2.75, 3.05) is 11.9 Å². The number of amides is 1. The first kappa shape index (κ1) is 13.1. The number of aliphatic hydroxyl groups is 1. The molecular formula is C14H20N2O2. The molecular weight excluding hydrogens is 228 g/mol. The topological polar surface area (TPSA) is 75.4 Å². The van der Waals surface area contributed by atoms with Crippen LogP contribution in [0.5, 0.6) is 0 Å². The Labute approximate surface area is 107 Å². The van der Waals surface area contributed by atoms with Crippen LogP contribution in [0.3, 0.4) is 0 Å². The Balaban J connectivity index is 1.98. The Morgan fingerprint density at radius 3 is 2.56 bits per heavy atom. The maximum atomic E-state index is 12.1. The van der Waals surface area contributed by atoms with Crippen LogP contribution in [-0.2, 0) is 11.2 Å². The van der Waals surface area contributed by atoms with Crippen molar-refractivity contribution in [2.45, 2.75) is 31.7 Å². The summed E-state index contributed by atoms with van der Waals surface area (Å²) in [4.78, 5) is 12.1. The van der Waals surface area contributed by atoms with Gasteiger partial charge in [-0.15, -0.1) is 0 Å². The summed E-state index contributed by atoms with van der Waals surface area (Å²) in [6.45, 7) is 1.92. The zero-order valence-corrected chi connectivity index (χ0v) is 10.6. The zero-order chi connectivity index (χ0) is 13.2. The lowest BCUT2D eigenvalue weighted by molar-refractivity contribution is -0.121. The Hall–Kier alpha value is -1.39. The van der Waals surface area contributed by atoms with Gasteiger partial charge in [-0.2, -0.15) is 0 Å².